The largest absolute Gasteiger partial charge is 0.398 e. The van der Waals surface area contributed by atoms with E-state index >= 15 is 0 Å². The molecule has 0 radical (unpaired) electrons. The summed E-state index contributed by atoms with van der Waals surface area (Å²) in [4.78, 5) is 0. The Kier molecular flexibility index (Phi) is 9.54. The van der Waals surface area contributed by atoms with Crippen molar-refractivity contribution in [1.82, 2.24) is 0 Å². The topological polar surface area (TPSA) is 18.5 Å². The van der Waals surface area contributed by atoms with E-state index in [1.165, 1.54) is 17.9 Å². The molecule has 0 N–H and O–H groups in total. The third kappa shape index (κ3) is 7.12. The average molecular weight is 257 g/mol. The summed E-state index contributed by atoms with van der Waals surface area (Å²) in [5, 5.41) is 0. The minimum atomic E-state index is -1.81. The first kappa shape index (κ1) is 14.8. The van der Waals surface area contributed by atoms with Crippen molar-refractivity contribution in [1.29, 1.82) is 0 Å². The Labute approximate surface area is 97.9 Å². The molecule has 0 atom stereocenters. The van der Waals surface area contributed by atoms with Crippen molar-refractivity contribution in [3.63, 3.8) is 0 Å². The second kappa shape index (κ2) is 9.04. The molecule has 2 nitrogen and oxygen atoms in total. The molecule has 0 aromatic heterocycles. The lowest BCUT2D eigenvalue weighted by atomic mass is 10.6. The molecule has 0 saturated carbocycles. The predicted molar refractivity (Wildman–Crippen MR) is 67.7 cm³/mol. The van der Waals surface area contributed by atoms with Gasteiger partial charge in [-0.25, -0.2) is 0 Å². The molecule has 0 aliphatic rings. The Hall–Kier alpha value is 0.777. The van der Waals surface area contributed by atoms with E-state index in [2.05, 4.69) is 6.55 Å². The first-order valence-corrected chi connectivity index (χ1v) is 9.14. The van der Waals surface area contributed by atoms with Crippen molar-refractivity contribution in [3.05, 3.63) is 0 Å². The zero-order valence-corrected chi connectivity index (χ0v) is 11.9. The Morgan fingerprint density at radius 3 is 2.21 bits per heavy atom. The van der Waals surface area contributed by atoms with Gasteiger partial charge in [-0.1, -0.05) is 0 Å². The highest BCUT2D eigenvalue weighted by Gasteiger charge is 2.27. The third-order valence-corrected chi connectivity index (χ3v) is 6.62. The van der Waals surface area contributed by atoms with Gasteiger partial charge in [0.25, 0.3) is 0 Å². The maximum absolute atomic E-state index is 5.59. The molecular weight excluding hydrogens is 236 g/mol. The summed E-state index contributed by atoms with van der Waals surface area (Å²) in [5.74, 6) is 3.13. The van der Waals surface area contributed by atoms with Gasteiger partial charge in [0, 0.05) is 20.1 Å². The second-order valence-electron chi connectivity index (χ2n) is 3.30. The average Bonchev–Trinajstić information content (AvgIpc) is 2.23. The van der Waals surface area contributed by atoms with Gasteiger partial charge < -0.3 is 8.85 Å². The van der Waals surface area contributed by atoms with Gasteiger partial charge in [-0.2, -0.15) is 11.8 Å². The molecule has 0 bridgehead atoms. The molecule has 14 heavy (non-hydrogen) atoms. The van der Waals surface area contributed by atoms with Crippen LogP contribution in [0, 0.1) is 0 Å². The molecule has 0 spiro atoms. The molecule has 0 aliphatic carbocycles. The quantitative estimate of drug-likeness (QED) is 0.359. The molecular formula is C9H21ClO2SSi. The van der Waals surface area contributed by atoms with E-state index in [1.54, 1.807) is 14.2 Å². The van der Waals surface area contributed by atoms with Crippen LogP contribution >= 0.6 is 23.4 Å². The van der Waals surface area contributed by atoms with Crippen molar-refractivity contribution in [2.24, 2.45) is 0 Å². The van der Waals surface area contributed by atoms with Gasteiger partial charge in [0.05, 0.1) is 0 Å². The molecule has 0 rings (SSSR count). The molecule has 86 valence electrons. The van der Waals surface area contributed by atoms with Crippen LogP contribution in [-0.4, -0.2) is 40.2 Å². The smallest absolute Gasteiger partial charge is 0.334 e. The number of hydrogen-bond acceptors (Lipinski definition) is 3. The molecule has 0 unspecified atom stereocenters. The fourth-order valence-electron chi connectivity index (χ4n) is 1.04. The highest BCUT2D eigenvalue weighted by molar-refractivity contribution is 7.99. The van der Waals surface area contributed by atoms with E-state index in [9.17, 15) is 0 Å². The standard InChI is InChI=1S/C9H21ClO2SSi/c1-11-14(3,12-2)9-5-8-13-7-4-6-10/h4-9H2,1-3H3. The molecule has 0 aromatic carbocycles. The van der Waals surface area contributed by atoms with Crippen molar-refractivity contribution in [2.45, 2.75) is 25.4 Å². The van der Waals surface area contributed by atoms with Gasteiger partial charge in [0.15, 0.2) is 0 Å². The summed E-state index contributed by atoms with van der Waals surface area (Å²) >= 11 is 7.55. The van der Waals surface area contributed by atoms with Crippen LogP contribution in [0.2, 0.25) is 12.6 Å². The number of rotatable bonds is 9. The molecule has 0 fully saturated rings. The molecule has 0 amide bonds. The van der Waals surface area contributed by atoms with E-state index in [4.69, 9.17) is 20.5 Å². The van der Waals surface area contributed by atoms with Crippen molar-refractivity contribution < 1.29 is 8.85 Å². The van der Waals surface area contributed by atoms with Gasteiger partial charge in [0.2, 0.25) is 0 Å². The highest BCUT2D eigenvalue weighted by atomic mass is 35.5. The van der Waals surface area contributed by atoms with E-state index in [-0.39, 0.29) is 0 Å². The van der Waals surface area contributed by atoms with Crippen LogP contribution in [0.5, 0.6) is 0 Å². The lowest BCUT2D eigenvalue weighted by Crippen LogP contribution is -2.35. The zero-order chi connectivity index (χ0) is 10.9. The lowest BCUT2D eigenvalue weighted by molar-refractivity contribution is 0.249. The van der Waals surface area contributed by atoms with Gasteiger partial charge >= 0.3 is 8.56 Å². The molecule has 0 aromatic rings. The minimum absolute atomic E-state index is 0.773. The maximum atomic E-state index is 5.59. The maximum Gasteiger partial charge on any atom is 0.334 e. The summed E-state index contributed by atoms with van der Waals surface area (Å²) in [5.41, 5.74) is 0. The molecule has 0 aliphatic heterocycles. The summed E-state index contributed by atoms with van der Waals surface area (Å²) in [6.07, 6.45) is 2.28. The minimum Gasteiger partial charge on any atom is -0.398 e. The van der Waals surface area contributed by atoms with Gasteiger partial charge in [-0.3, -0.25) is 0 Å². The molecule has 0 saturated heterocycles. The summed E-state index contributed by atoms with van der Waals surface area (Å²) in [6, 6.07) is 1.08. The Bertz CT molecular complexity index is 134. The fourth-order valence-corrected chi connectivity index (χ4v) is 3.88. The second-order valence-corrected chi connectivity index (χ2v) is 8.49. The summed E-state index contributed by atoms with van der Waals surface area (Å²) < 4.78 is 10.8. The van der Waals surface area contributed by atoms with Crippen LogP contribution in [0.3, 0.4) is 0 Å². The van der Waals surface area contributed by atoms with Crippen LogP contribution in [0.4, 0.5) is 0 Å². The van der Waals surface area contributed by atoms with Crippen LogP contribution in [0.1, 0.15) is 12.8 Å². The summed E-state index contributed by atoms with van der Waals surface area (Å²) in [7, 11) is 1.69. The van der Waals surface area contributed by atoms with E-state index < -0.39 is 8.56 Å². The lowest BCUT2D eigenvalue weighted by Gasteiger charge is -2.22. The van der Waals surface area contributed by atoms with Crippen LogP contribution in [0.15, 0.2) is 0 Å². The highest BCUT2D eigenvalue weighted by Crippen LogP contribution is 2.16. The van der Waals surface area contributed by atoms with Crippen molar-refractivity contribution in [2.75, 3.05) is 31.6 Å². The predicted octanol–water partition coefficient (Wildman–Crippen LogP) is 3.10. The van der Waals surface area contributed by atoms with Crippen LogP contribution < -0.4 is 0 Å². The fraction of sp³-hybridized carbons (Fsp3) is 1.00. The number of hydrogen-bond donors (Lipinski definition) is 0. The Morgan fingerprint density at radius 1 is 1.14 bits per heavy atom. The number of halogens is 1. The first-order chi connectivity index (χ1) is 6.68. The van der Waals surface area contributed by atoms with Crippen molar-refractivity contribution in [3.8, 4) is 0 Å². The Balaban J connectivity index is 3.34. The van der Waals surface area contributed by atoms with Gasteiger partial charge in [0.1, 0.15) is 0 Å². The first-order valence-electron chi connectivity index (χ1n) is 4.92. The van der Waals surface area contributed by atoms with Crippen LogP contribution in [0.25, 0.3) is 0 Å². The van der Waals surface area contributed by atoms with E-state index in [0.29, 0.717) is 0 Å². The Morgan fingerprint density at radius 2 is 1.71 bits per heavy atom. The summed E-state index contributed by atoms with van der Waals surface area (Å²) in [6.45, 7) is 2.11. The molecule has 0 heterocycles. The SMILES string of the molecule is CO[Si](C)(CCCSCCCCl)OC. The van der Waals surface area contributed by atoms with Gasteiger partial charge in [-0.15, -0.1) is 11.6 Å². The number of thioether (sulfide) groups is 1. The van der Waals surface area contributed by atoms with Gasteiger partial charge in [-0.05, 0) is 36.9 Å². The zero-order valence-electron chi connectivity index (χ0n) is 9.35. The van der Waals surface area contributed by atoms with Crippen molar-refractivity contribution >= 4 is 31.9 Å². The molecule has 5 heteroatoms. The third-order valence-electron chi connectivity index (χ3n) is 2.21. The van der Waals surface area contributed by atoms with E-state index in [1.807, 2.05) is 11.8 Å². The number of alkyl halides is 1. The monoisotopic (exact) mass is 256 g/mol. The van der Waals surface area contributed by atoms with E-state index in [0.717, 1.165) is 18.3 Å². The normalized spacial score (nSPS) is 12.0. The van der Waals surface area contributed by atoms with Crippen LogP contribution in [-0.2, 0) is 8.85 Å².